The van der Waals surface area contributed by atoms with E-state index in [9.17, 15) is 14.7 Å². The number of hydrogen-bond acceptors (Lipinski definition) is 4. The van der Waals surface area contributed by atoms with Gasteiger partial charge in [0, 0.05) is 19.8 Å². The van der Waals surface area contributed by atoms with Gasteiger partial charge >= 0.3 is 12.0 Å². The third-order valence-electron chi connectivity index (χ3n) is 3.34. The molecule has 1 aromatic carbocycles. The number of phenols is 1. The number of carboxylic acids is 1. The monoisotopic (exact) mass is 294 g/mol. The van der Waals surface area contributed by atoms with Gasteiger partial charge in [0.25, 0.3) is 0 Å². The zero-order valence-electron chi connectivity index (χ0n) is 11.5. The fourth-order valence-electron chi connectivity index (χ4n) is 2.19. The summed E-state index contributed by atoms with van der Waals surface area (Å²) in [7, 11) is 0. The molecule has 1 aliphatic rings. The molecule has 0 aromatic heterocycles. The first-order valence-electron chi connectivity index (χ1n) is 6.75. The van der Waals surface area contributed by atoms with Crippen LogP contribution >= 0.6 is 0 Å². The Morgan fingerprint density at radius 1 is 1.38 bits per heavy atom. The number of carbonyl (C=O) groups is 2. The SMILES string of the molecule is O=C(NCCC1CCOC1)Nc1ccc(O)cc1C(=O)O. The summed E-state index contributed by atoms with van der Waals surface area (Å²) in [6, 6.07) is 3.29. The van der Waals surface area contributed by atoms with Crippen LogP contribution in [0.3, 0.4) is 0 Å². The second-order valence-corrected chi connectivity index (χ2v) is 4.93. The number of amides is 2. The molecule has 0 aliphatic carbocycles. The van der Waals surface area contributed by atoms with E-state index in [1.807, 2.05) is 0 Å². The van der Waals surface area contributed by atoms with Crippen molar-refractivity contribution < 1.29 is 24.5 Å². The maximum absolute atomic E-state index is 11.7. The number of phenolic OH excluding ortho intramolecular Hbond substituents is 1. The summed E-state index contributed by atoms with van der Waals surface area (Å²) in [6.45, 7) is 2.00. The van der Waals surface area contributed by atoms with Crippen molar-refractivity contribution in [3.63, 3.8) is 0 Å². The summed E-state index contributed by atoms with van der Waals surface area (Å²) in [5.74, 6) is -0.919. The number of ether oxygens (including phenoxy) is 1. The van der Waals surface area contributed by atoms with Crippen LogP contribution in [0.2, 0.25) is 0 Å². The van der Waals surface area contributed by atoms with E-state index >= 15 is 0 Å². The summed E-state index contributed by atoms with van der Waals surface area (Å²) in [6.07, 6.45) is 1.83. The second kappa shape index (κ2) is 6.94. The van der Waals surface area contributed by atoms with Crippen molar-refractivity contribution in [2.45, 2.75) is 12.8 Å². The number of carbonyl (C=O) groups excluding carboxylic acids is 1. The van der Waals surface area contributed by atoms with Crippen LogP contribution in [-0.4, -0.2) is 42.0 Å². The molecule has 1 saturated heterocycles. The number of anilines is 1. The Kier molecular flexibility index (Phi) is 4.99. The first-order chi connectivity index (χ1) is 10.1. The lowest BCUT2D eigenvalue weighted by Crippen LogP contribution is -2.31. The molecule has 1 atom stereocenters. The minimum Gasteiger partial charge on any atom is -0.508 e. The molecule has 1 fully saturated rings. The van der Waals surface area contributed by atoms with E-state index in [1.165, 1.54) is 12.1 Å². The Labute approximate surface area is 121 Å². The standard InChI is InChI=1S/C14H18N2O5/c17-10-1-2-12(11(7-10)13(18)19)16-14(20)15-5-3-9-4-6-21-8-9/h1-2,7,9,17H,3-6,8H2,(H,18,19)(H2,15,16,20). The summed E-state index contributed by atoms with van der Waals surface area (Å²) in [5.41, 5.74) is -0.0173. The first-order valence-corrected chi connectivity index (χ1v) is 6.75. The van der Waals surface area contributed by atoms with Gasteiger partial charge in [-0.15, -0.1) is 0 Å². The lowest BCUT2D eigenvalue weighted by atomic mass is 10.1. The van der Waals surface area contributed by atoms with Gasteiger partial charge in [0.15, 0.2) is 0 Å². The maximum atomic E-state index is 11.7. The molecule has 1 aliphatic heterocycles. The minimum atomic E-state index is -1.22. The largest absolute Gasteiger partial charge is 0.508 e. The van der Waals surface area contributed by atoms with E-state index in [4.69, 9.17) is 9.84 Å². The average molecular weight is 294 g/mol. The summed E-state index contributed by atoms with van der Waals surface area (Å²) >= 11 is 0. The number of aromatic carboxylic acids is 1. The number of benzene rings is 1. The number of nitrogens with one attached hydrogen (secondary N) is 2. The molecule has 0 spiro atoms. The van der Waals surface area contributed by atoms with Crippen LogP contribution in [0.5, 0.6) is 5.75 Å². The number of rotatable bonds is 5. The summed E-state index contributed by atoms with van der Waals surface area (Å²) < 4.78 is 5.25. The topological polar surface area (TPSA) is 108 Å². The molecule has 7 heteroatoms. The number of aromatic hydroxyl groups is 1. The van der Waals surface area contributed by atoms with Crippen molar-refractivity contribution in [2.24, 2.45) is 5.92 Å². The molecule has 1 aromatic rings. The normalized spacial score (nSPS) is 17.4. The fourth-order valence-corrected chi connectivity index (χ4v) is 2.19. The molecule has 114 valence electrons. The van der Waals surface area contributed by atoms with E-state index < -0.39 is 12.0 Å². The van der Waals surface area contributed by atoms with Crippen molar-refractivity contribution in [2.75, 3.05) is 25.1 Å². The number of carboxylic acid groups (broad SMARTS) is 1. The molecule has 4 N–H and O–H groups in total. The smallest absolute Gasteiger partial charge is 0.337 e. The first kappa shape index (κ1) is 15.1. The van der Waals surface area contributed by atoms with Gasteiger partial charge in [-0.1, -0.05) is 0 Å². The average Bonchev–Trinajstić information content (AvgIpc) is 2.94. The highest BCUT2D eigenvalue weighted by atomic mass is 16.5. The van der Waals surface area contributed by atoms with Crippen LogP contribution in [0.1, 0.15) is 23.2 Å². The highest BCUT2D eigenvalue weighted by Crippen LogP contribution is 2.21. The van der Waals surface area contributed by atoms with Gasteiger partial charge in [0.1, 0.15) is 5.75 Å². The quantitative estimate of drug-likeness (QED) is 0.617. The van der Waals surface area contributed by atoms with E-state index in [-0.39, 0.29) is 17.0 Å². The third-order valence-corrected chi connectivity index (χ3v) is 3.34. The minimum absolute atomic E-state index is 0.141. The molecule has 2 amide bonds. The molecule has 1 heterocycles. The zero-order valence-corrected chi connectivity index (χ0v) is 11.5. The highest BCUT2D eigenvalue weighted by molar-refractivity contribution is 6.00. The second-order valence-electron chi connectivity index (χ2n) is 4.93. The molecule has 0 radical (unpaired) electrons. The van der Waals surface area contributed by atoms with Crippen molar-refractivity contribution >= 4 is 17.7 Å². The number of hydrogen-bond donors (Lipinski definition) is 4. The van der Waals surface area contributed by atoms with Gasteiger partial charge in [-0.25, -0.2) is 9.59 Å². The molecule has 2 rings (SSSR count). The molecule has 1 unspecified atom stereocenters. The Bertz CT molecular complexity index is 526. The Hall–Kier alpha value is -2.28. The van der Waals surface area contributed by atoms with E-state index in [0.717, 1.165) is 32.1 Å². The maximum Gasteiger partial charge on any atom is 0.337 e. The van der Waals surface area contributed by atoms with Crippen LogP contribution in [0.4, 0.5) is 10.5 Å². The van der Waals surface area contributed by atoms with E-state index in [0.29, 0.717) is 12.5 Å². The van der Waals surface area contributed by atoms with Crippen molar-refractivity contribution in [3.05, 3.63) is 23.8 Å². The molecule has 7 nitrogen and oxygen atoms in total. The molecular weight excluding hydrogens is 276 g/mol. The third kappa shape index (κ3) is 4.35. The van der Waals surface area contributed by atoms with E-state index in [2.05, 4.69) is 10.6 Å². The lowest BCUT2D eigenvalue weighted by molar-refractivity contribution is 0.0697. The number of urea groups is 1. The van der Waals surface area contributed by atoms with Crippen LogP contribution in [0, 0.1) is 5.92 Å². The molecular formula is C14H18N2O5. The van der Waals surface area contributed by atoms with Crippen molar-refractivity contribution in [1.82, 2.24) is 5.32 Å². The highest BCUT2D eigenvalue weighted by Gasteiger charge is 2.16. The van der Waals surface area contributed by atoms with Crippen molar-refractivity contribution in [1.29, 1.82) is 0 Å². The van der Waals surface area contributed by atoms with Crippen LogP contribution in [0.15, 0.2) is 18.2 Å². The van der Waals surface area contributed by atoms with Crippen molar-refractivity contribution in [3.8, 4) is 5.75 Å². The lowest BCUT2D eigenvalue weighted by Gasteiger charge is -2.11. The summed E-state index contributed by atoms with van der Waals surface area (Å²) in [5, 5.41) is 23.5. The van der Waals surface area contributed by atoms with Crippen LogP contribution in [-0.2, 0) is 4.74 Å². The Morgan fingerprint density at radius 3 is 2.86 bits per heavy atom. The summed E-state index contributed by atoms with van der Waals surface area (Å²) in [4.78, 5) is 22.8. The molecule has 21 heavy (non-hydrogen) atoms. The van der Waals surface area contributed by atoms with E-state index in [1.54, 1.807) is 0 Å². The van der Waals surface area contributed by atoms with Gasteiger partial charge in [0.05, 0.1) is 11.3 Å². The Morgan fingerprint density at radius 2 is 2.19 bits per heavy atom. The Balaban J connectivity index is 1.85. The van der Waals surface area contributed by atoms with Gasteiger partial charge in [-0.3, -0.25) is 0 Å². The van der Waals surface area contributed by atoms with Crippen LogP contribution in [0.25, 0.3) is 0 Å². The molecule has 0 bridgehead atoms. The molecule has 0 saturated carbocycles. The predicted molar refractivity (Wildman–Crippen MR) is 75.6 cm³/mol. The predicted octanol–water partition coefficient (Wildman–Crippen LogP) is 1.64. The van der Waals surface area contributed by atoms with Gasteiger partial charge in [-0.05, 0) is 37.0 Å². The zero-order chi connectivity index (χ0) is 15.2. The van der Waals surface area contributed by atoms with Crippen LogP contribution < -0.4 is 10.6 Å². The van der Waals surface area contributed by atoms with Gasteiger partial charge in [0.2, 0.25) is 0 Å². The fraction of sp³-hybridized carbons (Fsp3) is 0.429. The van der Waals surface area contributed by atoms with Gasteiger partial charge < -0.3 is 25.6 Å². The van der Waals surface area contributed by atoms with Gasteiger partial charge in [-0.2, -0.15) is 0 Å².